The smallest absolute Gasteiger partial charge is 0.243 e. The van der Waals surface area contributed by atoms with Gasteiger partial charge in [0.1, 0.15) is 0 Å². The minimum Gasteiger partial charge on any atom is -0.305 e. The van der Waals surface area contributed by atoms with E-state index in [2.05, 4.69) is 31.3 Å². The fourth-order valence-electron chi connectivity index (χ4n) is 2.59. The van der Waals surface area contributed by atoms with E-state index < -0.39 is 10.0 Å². The molecule has 24 heavy (non-hydrogen) atoms. The third-order valence-electron chi connectivity index (χ3n) is 4.10. The molecule has 0 amide bonds. The van der Waals surface area contributed by atoms with E-state index in [1.807, 2.05) is 26.0 Å². The third kappa shape index (κ3) is 4.45. The highest BCUT2D eigenvalue weighted by atomic mass is 32.2. The molecule has 1 aromatic heterocycles. The molecular weight excluding hydrogens is 340 g/mol. The van der Waals surface area contributed by atoms with Crippen molar-refractivity contribution in [3.05, 3.63) is 51.7 Å². The van der Waals surface area contributed by atoms with Crippen molar-refractivity contribution < 1.29 is 8.42 Å². The summed E-state index contributed by atoms with van der Waals surface area (Å²) in [4.78, 5) is 2.97. The second-order valence-electron chi connectivity index (χ2n) is 5.77. The van der Waals surface area contributed by atoms with Gasteiger partial charge in [-0.05, 0) is 43.7 Å². The van der Waals surface area contributed by atoms with E-state index in [1.165, 1.54) is 14.1 Å². The van der Waals surface area contributed by atoms with Crippen LogP contribution in [0.1, 0.15) is 42.1 Å². The first-order valence-electron chi connectivity index (χ1n) is 8.27. The molecule has 0 radical (unpaired) electrons. The van der Waals surface area contributed by atoms with Crippen LogP contribution in [0.2, 0.25) is 0 Å². The molecule has 0 aliphatic rings. The van der Waals surface area contributed by atoms with Crippen LogP contribution in [0, 0.1) is 6.92 Å². The minimum atomic E-state index is -3.38. The van der Waals surface area contributed by atoms with Crippen molar-refractivity contribution in [2.75, 3.05) is 13.1 Å². The average Bonchev–Trinajstić information content (AvgIpc) is 2.99. The summed E-state index contributed by atoms with van der Waals surface area (Å²) >= 11 is 1.79. The van der Waals surface area contributed by atoms with Gasteiger partial charge in [0, 0.05) is 35.4 Å². The van der Waals surface area contributed by atoms with Crippen molar-refractivity contribution >= 4 is 21.4 Å². The number of hydrogen-bond acceptors (Lipinski definition) is 4. The molecule has 1 aromatic carbocycles. The molecular formula is C18H26N2O2S2. The summed E-state index contributed by atoms with van der Waals surface area (Å²) in [6, 6.07) is 11.6. The summed E-state index contributed by atoms with van der Waals surface area (Å²) < 4.78 is 26.5. The van der Waals surface area contributed by atoms with Gasteiger partial charge in [0.25, 0.3) is 0 Å². The SMILES string of the molecule is CCN(CC)S(=O)(=O)c1ccc(C(C)NCc2ccc(C)s2)cc1. The Kier molecular flexibility index (Phi) is 6.57. The Hall–Kier alpha value is -1.21. The second kappa shape index (κ2) is 8.25. The van der Waals surface area contributed by atoms with E-state index in [9.17, 15) is 8.42 Å². The predicted octanol–water partition coefficient (Wildman–Crippen LogP) is 3.94. The lowest BCUT2D eigenvalue weighted by molar-refractivity contribution is 0.445. The third-order valence-corrected chi connectivity index (χ3v) is 7.17. The molecule has 0 bridgehead atoms. The highest BCUT2D eigenvalue weighted by Gasteiger charge is 2.21. The van der Waals surface area contributed by atoms with Gasteiger partial charge in [-0.1, -0.05) is 26.0 Å². The van der Waals surface area contributed by atoms with Gasteiger partial charge < -0.3 is 5.32 Å². The van der Waals surface area contributed by atoms with E-state index >= 15 is 0 Å². The molecule has 2 aromatic rings. The van der Waals surface area contributed by atoms with Crippen LogP contribution in [0.15, 0.2) is 41.3 Å². The van der Waals surface area contributed by atoms with Crippen LogP contribution in [-0.4, -0.2) is 25.8 Å². The highest BCUT2D eigenvalue weighted by Crippen LogP contribution is 2.21. The number of nitrogens with zero attached hydrogens (tertiary/aromatic N) is 1. The molecule has 1 heterocycles. The zero-order valence-corrected chi connectivity index (χ0v) is 16.4. The van der Waals surface area contributed by atoms with E-state index in [0.717, 1.165) is 12.1 Å². The number of aryl methyl sites for hydroxylation is 1. The summed E-state index contributed by atoms with van der Waals surface area (Å²) in [7, 11) is -3.38. The summed E-state index contributed by atoms with van der Waals surface area (Å²) in [6.45, 7) is 9.69. The largest absolute Gasteiger partial charge is 0.305 e. The molecule has 6 heteroatoms. The number of hydrogen-bond donors (Lipinski definition) is 1. The molecule has 132 valence electrons. The molecule has 2 rings (SSSR count). The van der Waals surface area contributed by atoms with Gasteiger partial charge in [-0.2, -0.15) is 4.31 Å². The van der Waals surface area contributed by atoms with Crippen LogP contribution < -0.4 is 5.32 Å². The molecule has 0 saturated heterocycles. The topological polar surface area (TPSA) is 49.4 Å². The lowest BCUT2D eigenvalue weighted by atomic mass is 10.1. The quantitative estimate of drug-likeness (QED) is 0.770. The number of sulfonamides is 1. The summed E-state index contributed by atoms with van der Waals surface area (Å²) in [5, 5.41) is 3.48. The van der Waals surface area contributed by atoms with E-state index in [-0.39, 0.29) is 6.04 Å². The first-order chi connectivity index (χ1) is 11.4. The maximum absolute atomic E-state index is 12.5. The van der Waals surface area contributed by atoms with Gasteiger partial charge >= 0.3 is 0 Å². The fraction of sp³-hybridized carbons (Fsp3) is 0.444. The fourth-order valence-corrected chi connectivity index (χ4v) is 4.89. The molecule has 4 nitrogen and oxygen atoms in total. The molecule has 0 fully saturated rings. The predicted molar refractivity (Wildman–Crippen MR) is 101 cm³/mol. The number of rotatable bonds is 8. The van der Waals surface area contributed by atoms with Crippen molar-refractivity contribution in [3.8, 4) is 0 Å². The van der Waals surface area contributed by atoms with Crippen molar-refractivity contribution in [1.29, 1.82) is 0 Å². The average molecular weight is 367 g/mol. The first kappa shape index (κ1) is 19.1. The Morgan fingerprint density at radius 1 is 1.08 bits per heavy atom. The number of thiophene rings is 1. The molecule has 0 saturated carbocycles. The van der Waals surface area contributed by atoms with Crippen molar-refractivity contribution in [2.24, 2.45) is 0 Å². The van der Waals surface area contributed by atoms with Crippen LogP contribution in [0.25, 0.3) is 0 Å². The van der Waals surface area contributed by atoms with Crippen LogP contribution in [0.5, 0.6) is 0 Å². The van der Waals surface area contributed by atoms with E-state index in [1.54, 1.807) is 23.5 Å². The summed E-state index contributed by atoms with van der Waals surface area (Å²) in [5.74, 6) is 0. The Bertz CT molecular complexity index is 748. The Morgan fingerprint density at radius 3 is 2.21 bits per heavy atom. The van der Waals surface area contributed by atoms with Gasteiger partial charge in [-0.25, -0.2) is 8.42 Å². The minimum absolute atomic E-state index is 0.164. The monoisotopic (exact) mass is 366 g/mol. The normalized spacial score (nSPS) is 13.4. The van der Waals surface area contributed by atoms with Gasteiger partial charge in [-0.15, -0.1) is 11.3 Å². The Balaban J connectivity index is 2.05. The van der Waals surface area contributed by atoms with Crippen molar-refractivity contribution in [1.82, 2.24) is 9.62 Å². The Labute approximate surface area is 149 Å². The molecule has 0 aliphatic heterocycles. The maximum atomic E-state index is 12.5. The van der Waals surface area contributed by atoms with Crippen LogP contribution in [-0.2, 0) is 16.6 Å². The zero-order chi connectivity index (χ0) is 17.7. The van der Waals surface area contributed by atoms with Gasteiger partial charge in [0.2, 0.25) is 10.0 Å². The van der Waals surface area contributed by atoms with Crippen LogP contribution >= 0.6 is 11.3 Å². The second-order valence-corrected chi connectivity index (χ2v) is 9.08. The van der Waals surface area contributed by atoms with Crippen LogP contribution in [0.4, 0.5) is 0 Å². The van der Waals surface area contributed by atoms with Gasteiger partial charge in [0.15, 0.2) is 0 Å². The standard InChI is InChI=1S/C18H26N2O2S2/c1-5-20(6-2)24(21,22)18-11-8-16(9-12-18)15(4)19-13-17-10-7-14(3)23-17/h7-12,15,19H,5-6,13H2,1-4H3. The van der Waals surface area contributed by atoms with E-state index in [0.29, 0.717) is 18.0 Å². The van der Waals surface area contributed by atoms with Crippen LogP contribution in [0.3, 0.4) is 0 Å². The lowest BCUT2D eigenvalue weighted by Crippen LogP contribution is -2.30. The molecule has 1 unspecified atom stereocenters. The summed E-state index contributed by atoms with van der Waals surface area (Å²) in [5.41, 5.74) is 1.08. The van der Waals surface area contributed by atoms with Crippen molar-refractivity contribution in [3.63, 3.8) is 0 Å². The van der Waals surface area contributed by atoms with Gasteiger partial charge in [-0.3, -0.25) is 0 Å². The first-order valence-corrected chi connectivity index (χ1v) is 10.5. The molecule has 0 aliphatic carbocycles. The maximum Gasteiger partial charge on any atom is 0.243 e. The van der Waals surface area contributed by atoms with Crippen molar-refractivity contribution in [2.45, 2.75) is 45.2 Å². The zero-order valence-electron chi connectivity index (χ0n) is 14.7. The molecule has 0 spiro atoms. The Morgan fingerprint density at radius 2 is 1.71 bits per heavy atom. The lowest BCUT2D eigenvalue weighted by Gasteiger charge is -2.19. The highest BCUT2D eigenvalue weighted by molar-refractivity contribution is 7.89. The van der Waals surface area contributed by atoms with Gasteiger partial charge in [0.05, 0.1) is 4.90 Å². The molecule has 1 atom stereocenters. The summed E-state index contributed by atoms with van der Waals surface area (Å²) in [6.07, 6.45) is 0. The van der Waals surface area contributed by atoms with E-state index in [4.69, 9.17) is 0 Å². The molecule has 1 N–H and O–H groups in total. The number of benzene rings is 1. The number of nitrogens with one attached hydrogen (secondary N) is 1.